The quantitative estimate of drug-likeness (QED) is 0.409. The maximum atomic E-state index is 13.1. The molecule has 192 valence electrons. The Bertz CT molecular complexity index is 1450. The minimum absolute atomic E-state index is 0.224. The topological polar surface area (TPSA) is 66.5 Å². The fourth-order valence-corrected chi connectivity index (χ4v) is 5.65. The third-order valence-electron chi connectivity index (χ3n) is 6.96. The van der Waals surface area contributed by atoms with Gasteiger partial charge in [-0.15, -0.1) is 0 Å². The van der Waals surface area contributed by atoms with Gasteiger partial charge in [0.05, 0.1) is 34.6 Å². The Balaban J connectivity index is 1.11. The molecule has 0 radical (unpaired) electrons. The molecular weight excluding hydrogens is 499 g/mol. The Morgan fingerprint density at radius 3 is 2.59 bits per heavy atom. The lowest BCUT2D eigenvalue weighted by molar-refractivity contribution is -0.137. The first-order chi connectivity index (χ1) is 17.8. The maximum absolute atomic E-state index is 13.1. The van der Waals surface area contributed by atoms with E-state index in [9.17, 15) is 13.2 Å². The van der Waals surface area contributed by atoms with Crippen LogP contribution in [0.4, 0.5) is 19.1 Å². The summed E-state index contributed by atoms with van der Waals surface area (Å²) in [4.78, 5) is 8.16. The van der Waals surface area contributed by atoms with E-state index in [4.69, 9.17) is 5.73 Å². The zero-order valence-corrected chi connectivity index (χ0v) is 20.8. The van der Waals surface area contributed by atoms with Crippen molar-refractivity contribution in [2.24, 2.45) is 0 Å². The number of hydrazine groups is 1. The molecule has 2 aromatic heterocycles. The normalized spacial score (nSPS) is 17.0. The van der Waals surface area contributed by atoms with Gasteiger partial charge in [0.2, 0.25) is 5.95 Å². The van der Waals surface area contributed by atoms with Crippen molar-refractivity contribution in [1.29, 1.82) is 0 Å². The number of benzene rings is 2. The molecule has 4 heterocycles. The molecule has 0 aliphatic carbocycles. The van der Waals surface area contributed by atoms with Crippen LogP contribution in [-0.4, -0.2) is 55.0 Å². The molecule has 6 rings (SSSR count). The van der Waals surface area contributed by atoms with Gasteiger partial charge in [0.1, 0.15) is 0 Å². The minimum Gasteiger partial charge on any atom is -0.369 e. The van der Waals surface area contributed by atoms with Gasteiger partial charge < -0.3 is 15.3 Å². The van der Waals surface area contributed by atoms with Crippen LogP contribution in [0.1, 0.15) is 27.1 Å². The average molecular weight is 526 g/mol. The average Bonchev–Trinajstić information content (AvgIpc) is 3.47. The fourth-order valence-electron chi connectivity index (χ4n) is 5.00. The molecule has 11 heteroatoms. The van der Waals surface area contributed by atoms with Crippen molar-refractivity contribution in [3.05, 3.63) is 82.0 Å². The van der Waals surface area contributed by atoms with Gasteiger partial charge >= 0.3 is 6.18 Å². The number of halogens is 3. The smallest absolute Gasteiger partial charge is 0.369 e. The SMILES string of the molecule is Nc1nc2cc(CN3CCN(N4C=Cc5sncc5C4)CC3)ccc2n1Cc1cccc(C(F)(F)F)c1. The molecule has 0 amide bonds. The highest BCUT2D eigenvalue weighted by Gasteiger charge is 2.30. The van der Waals surface area contributed by atoms with Crippen molar-refractivity contribution in [3.63, 3.8) is 0 Å². The Morgan fingerprint density at radius 2 is 1.78 bits per heavy atom. The molecule has 37 heavy (non-hydrogen) atoms. The number of nitrogens with zero attached hydrogens (tertiary/aromatic N) is 6. The second kappa shape index (κ2) is 9.47. The van der Waals surface area contributed by atoms with Crippen LogP contribution in [0.15, 0.2) is 54.9 Å². The number of rotatable bonds is 5. The first kappa shape index (κ1) is 24.0. The number of hydrogen-bond acceptors (Lipinski definition) is 7. The number of anilines is 1. The molecule has 2 N–H and O–H groups in total. The summed E-state index contributed by atoms with van der Waals surface area (Å²) in [7, 11) is 0. The van der Waals surface area contributed by atoms with Crippen LogP contribution in [-0.2, 0) is 25.8 Å². The van der Waals surface area contributed by atoms with E-state index >= 15 is 0 Å². The highest BCUT2D eigenvalue weighted by atomic mass is 32.1. The number of nitrogens with two attached hydrogens (primary N) is 1. The summed E-state index contributed by atoms with van der Waals surface area (Å²) in [6, 6.07) is 11.4. The summed E-state index contributed by atoms with van der Waals surface area (Å²) < 4.78 is 45.4. The number of hydrogen-bond donors (Lipinski definition) is 1. The van der Waals surface area contributed by atoms with Gasteiger partial charge in [-0.25, -0.2) is 14.4 Å². The lowest BCUT2D eigenvalue weighted by atomic mass is 10.1. The van der Waals surface area contributed by atoms with Crippen molar-refractivity contribution in [2.45, 2.75) is 25.8 Å². The largest absolute Gasteiger partial charge is 0.416 e. The predicted octanol–water partition coefficient (Wildman–Crippen LogP) is 4.66. The second-order valence-electron chi connectivity index (χ2n) is 9.44. The third kappa shape index (κ3) is 4.94. The van der Waals surface area contributed by atoms with Gasteiger partial charge in [0.15, 0.2) is 0 Å². The van der Waals surface area contributed by atoms with Gasteiger partial charge in [0.25, 0.3) is 0 Å². The Kier molecular flexibility index (Phi) is 6.13. The highest BCUT2D eigenvalue weighted by Crippen LogP contribution is 2.30. The molecule has 0 saturated carbocycles. The van der Waals surface area contributed by atoms with Gasteiger partial charge in [-0.05, 0) is 53.0 Å². The van der Waals surface area contributed by atoms with Crippen LogP contribution in [0.25, 0.3) is 17.1 Å². The van der Waals surface area contributed by atoms with Gasteiger partial charge in [0, 0.05) is 50.7 Å². The van der Waals surface area contributed by atoms with Gasteiger partial charge in [-0.3, -0.25) is 4.90 Å². The molecule has 7 nitrogen and oxygen atoms in total. The van der Waals surface area contributed by atoms with Crippen LogP contribution in [0.5, 0.6) is 0 Å². The molecule has 2 aliphatic rings. The summed E-state index contributed by atoms with van der Waals surface area (Å²) in [6.45, 7) is 5.67. The zero-order chi connectivity index (χ0) is 25.6. The molecule has 4 aromatic rings. The molecule has 1 fully saturated rings. The predicted molar refractivity (Wildman–Crippen MR) is 138 cm³/mol. The lowest BCUT2D eigenvalue weighted by Gasteiger charge is -2.41. The van der Waals surface area contributed by atoms with E-state index in [2.05, 4.69) is 42.6 Å². The van der Waals surface area contributed by atoms with Gasteiger partial charge in [-0.1, -0.05) is 18.2 Å². The van der Waals surface area contributed by atoms with Crippen LogP contribution in [0.2, 0.25) is 0 Å². The maximum Gasteiger partial charge on any atom is 0.416 e. The number of piperazine rings is 1. The van der Waals surface area contributed by atoms with E-state index in [-0.39, 0.29) is 12.5 Å². The van der Waals surface area contributed by atoms with Crippen molar-refractivity contribution < 1.29 is 13.2 Å². The van der Waals surface area contributed by atoms with Crippen molar-refractivity contribution in [3.8, 4) is 0 Å². The lowest BCUT2D eigenvalue weighted by Crippen LogP contribution is -2.51. The molecule has 2 aliphatic heterocycles. The fraction of sp³-hybridized carbons (Fsp3) is 0.308. The van der Waals surface area contributed by atoms with E-state index < -0.39 is 11.7 Å². The third-order valence-corrected chi connectivity index (χ3v) is 7.77. The molecule has 0 atom stereocenters. The number of nitrogen functional groups attached to an aromatic ring is 1. The number of aromatic nitrogens is 3. The Labute approximate surface area is 216 Å². The van der Waals surface area contributed by atoms with E-state index in [1.54, 1.807) is 10.6 Å². The number of alkyl halides is 3. The van der Waals surface area contributed by atoms with Crippen LogP contribution >= 0.6 is 11.5 Å². The Morgan fingerprint density at radius 1 is 0.973 bits per heavy atom. The molecular formula is C26H26F3N7S. The van der Waals surface area contributed by atoms with Crippen molar-refractivity contribution in [2.75, 3.05) is 31.9 Å². The summed E-state index contributed by atoms with van der Waals surface area (Å²) in [6.07, 6.45) is 1.85. The summed E-state index contributed by atoms with van der Waals surface area (Å²) in [5.41, 5.74) is 9.99. The summed E-state index contributed by atoms with van der Waals surface area (Å²) in [5, 5.41) is 4.66. The van der Waals surface area contributed by atoms with E-state index in [1.807, 2.05) is 18.3 Å². The zero-order valence-electron chi connectivity index (χ0n) is 20.0. The first-order valence-electron chi connectivity index (χ1n) is 12.1. The van der Waals surface area contributed by atoms with Crippen LogP contribution in [0, 0.1) is 0 Å². The first-order valence-corrected chi connectivity index (χ1v) is 12.9. The molecule has 0 spiro atoms. The molecule has 1 saturated heterocycles. The van der Waals surface area contributed by atoms with Crippen molar-refractivity contribution >= 4 is 34.6 Å². The van der Waals surface area contributed by atoms with Crippen molar-refractivity contribution in [1.82, 2.24) is 28.8 Å². The monoisotopic (exact) mass is 525 g/mol. The summed E-state index contributed by atoms with van der Waals surface area (Å²) in [5.74, 6) is 0.289. The van der Waals surface area contributed by atoms with E-state index in [0.29, 0.717) is 5.56 Å². The number of fused-ring (bicyclic) bond motifs is 2. The van der Waals surface area contributed by atoms with E-state index in [0.717, 1.165) is 68.0 Å². The minimum atomic E-state index is -4.38. The summed E-state index contributed by atoms with van der Waals surface area (Å²) >= 11 is 1.53. The highest BCUT2D eigenvalue weighted by molar-refractivity contribution is 7.06. The van der Waals surface area contributed by atoms with Crippen LogP contribution < -0.4 is 5.73 Å². The molecule has 0 bridgehead atoms. The molecule has 0 unspecified atom stereocenters. The second-order valence-corrected chi connectivity index (χ2v) is 10.3. The number of imidazole rings is 1. The standard InChI is InChI=1S/C26H26F3N7S/c27-26(28,29)21-3-1-2-18(12-21)16-36-23-5-4-19(13-22(23)32-25(36)30)15-33-8-10-34(11-9-33)35-7-6-24-20(17-35)14-31-37-24/h1-7,12-14H,8-11,15-17H2,(H2,30,32). The van der Waals surface area contributed by atoms with Gasteiger partial charge in [-0.2, -0.15) is 13.2 Å². The Hall–Kier alpha value is -3.41. The van der Waals surface area contributed by atoms with E-state index in [1.165, 1.54) is 28.0 Å². The van der Waals surface area contributed by atoms with Crippen LogP contribution in [0.3, 0.4) is 0 Å². The molecule has 2 aromatic carbocycles.